The third kappa shape index (κ3) is 11.9. The van der Waals surface area contributed by atoms with Gasteiger partial charge in [0.2, 0.25) is 0 Å². The van der Waals surface area contributed by atoms with Crippen molar-refractivity contribution in [3.8, 4) is 0 Å². The van der Waals surface area contributed by atoms with E-state index in [-0.39, 0.29) is 0 Å². The van der Waals surface area contributed by atoms with Gasteiger partial charge in [-0.3, -0.25) is 0 Å². The zero-order valence-electron chi connectivity index (χ0n) is 9.14. The summed E-state index contributed by atoms with van der Waals surface area (Å²) in [6.07, 6.45) is 0. The fraction of sp³-hybridized carbons (Fsp3) is 1.00. The van der Waals surface area contributed by atoms with Gasteiger partial charge in [-0.15, -0.1) is 0 Å². The molecule has 0 fully saturated rings. The standard InChI is InChI=1S/C10H23NO2/c1-4-12-7-8-13-6-5-11-9-10(2)3/h10-11H,4-9H2,1-3H3. The Hall–Kier alpha value is -0.120. The first kappa shape index (κ1) is 12.9. The Morgan fingerprint density at radius 3 is 2.38 bits per heavy atom. The van der Waals surface area contributed by atoms with E-state index in [0.29, 0.717) is 19.1 Å². The maximum atomic E-state index is 5.33. The highest BCUT2D eigenvalue weighted by Crippen LogP contribution is 1.86. The SMILES string of the molecule is CCOCCOCCNCC(C)C. The molecule has 0 heterocycles. The molecule has 1 N–H and O–H groups in total. The minimum Gasteiger partial charge on any atom is -0.379 e. The van der Waals surface area contributed by atoms with E-state index in [2.05, 4.69) is 19.2 Å². The van der Waals surface area contributed by atoms with Crippen LogP contribution in [0.1, 0.15) is 20.8 Å². The van der Waals surface area contributed by atoms with Crippen LogP contribution in [-0.2, 0) is 9.47 Å². The van der Waals surface area contributed by atoms with E-state index in [1.807, 2.05) is 6.92 Å². The minimum absolute atomic E-state index is 0.706. The molecule has 3 heteroatoms. The predicted molar refractivity (Wildman–Crippen MR) is 55.0 cm³/mol. The van der Waals surface area contributed by atoms with Gasteiger partial charge in [0, 0.05) is 13.2 Å². The summed E-state index contributed by atoms with van der Waals surface area (Å²) < 4.78 is 10.5. The van der Waals surface area contributed by atoms with Crippen LogP contribution in [0, 0.1) is 5.92 Å². The number of nitrogens with one attached hydrogen (secondary N) is 1. The van der Waals surface area contributed by atoms with Gasteiger partial charge >= 0.3 is 0 Å². The third-order valence-electron chi connectivity index (χ3n) is 1.55. The summed E-state index contributed by atoms with van der Waals surface area (Å²) in [7, 11) is 0. The molecule has 80 valence electrons. The molecule has 0 radical (unpaired) electrons. The van der Waals surface area contributed by atoms with Crippen LogP contribution in [0.4, 0.5) is 0 Å². The largest absolute Gasteiger partial charge is 0.379 e. The molecule has 0 aliphatic carbocycles. The first-order chi connectivity index (χ1) is 6.27. The van der Waals surface area contributed by atoms with Crippen LogP contribution in [0.3, 0.4) is 0 Å². The van der Waals surface area contributed by atoms with Crippen LogP contribution in [0.15, 0.2) is 0 Å². The minimum atomic E-state index is 0.706. The Kier molecular flexibility index (Phi) is 9.87. The molecular formula is C10H23NO2. The fourth-order valence-electron chi connectivity index (χ4n) is 0.899. The first-order valence-corrected chi connectivity index (χ1v) is 5.13. The number of ether oxygens (including phenoxy) is 2. The van der Waals surface area contributed by atoms with Crippen LogP contribution < -0.4 is 5.32 Å². The van der Waals surface area contributed by atoms with Gasteiger partial charge in [-0.05, 0) is 19.4 Å². The Bertz CT molecular complexity index is 96.9. The fourth-order valence-corrected chi connectivity index (χ4v) is 0.899. The molecular weight excluding hydrogens is 166 g/mol. The van der Waals surface area contributed by atoms with Crippen molar-refractivity contribution in [2.45, 2.75) is 20.8 Å². The average molecular weight is 189 g/mol. The van der Waals surface area contributed by atoms with Gasteiger partial charge in [-0.25, -0.2) is 0 Å². The maximum Gasteiger partial charge on any atom is 0.0701 e. The summed E-state index contributed by atoms with van der Waals surface area (Å²) >= 11 is 0. The second-order valence-corrected chi connectivity index (χ2v) is 3.41. The van der Waals surface area contributed by atoms with Gasteiger partial charge in [0.1, 0.15) is 0 Å². The summed E-state index contributed by atoms with van der Waals surface area (Å²) in [4.78, 5) is 0. The third-order valence-corrected chi connectivity index (χ3v) is 1.55. The average Bonchev–Trinajstić information content (AvgIpc) is 2.09. The van der Waals surface area contributed by atoms with Crippen LogP contribution in [0.5, 0.6) is 0 Å². The van der Waals surface area contributed by atoms with Crippen molar-refractivity contribution in [1.29, 1.82) is 0 Å². The monoisotopic (exact) mass is 189 g/mol. The van der Waals surface area contributed by atoms with Crippen molar-refractivity contribution >= 4 is 0 Å². The van der Waals surface area contributed by atoms with Gasteiger partial charge in [0.25, 0.3) is 0 Å². The molecule has 13 heavy (non-hydrogen) atoms. The Labute approximate surface area is 81.8 Å². The Balaban J connectivity index is 2.84. The highest BCUT2D eigenvalue weighted by atomic mass is 16.5. The van der Waals surface area contributed by atoms with E-state index in [9.17, 15) is 0 Å². The lowest BCUT2D eigenvalue weighted by Crippen LogP contribution is -2.24. The van der Waals surface area contributed by atoms with Crippen molar-refractivity contribution in [1.82, 2.24) is 5.32 Å². The molecule has 0 saturated carbocycles. The van der Waals surface area contributed by atoms with Gasteiger partial charge in [-0.2, -0.15) is 0 Å². The summed E-state index contributed by atoms with van der Waals surface area (Å²) in [5, 5.41) is 3.31. The molecule has 0 aliphatic rings. The smallest absolute Gasteiger partial charge is 0.0701 e. The van der Waals surface area contributed by atoms with Gasteiger partial charge in [0.15, 0.2) is 0 Å². The highest BCUT2D eigenvalue weighted by Gasteiger charge is 1.92. The van der Waals surface area contributed by atoms with Crippen molar-refractivity contribution < 1.29 is 9.47 Å². The van der Waals surface area contributed by atoms with E-state index in [0.717, 1.165) is 26.3 Å². The molecule has 3 nitrogen and oxygen atoms in total. The summed E-state index contributed by atoms with van der Waals surface area (Å²) in [5.74, 6) is 0.712. The molecule has 0 aliphatic heterocycles. The van der Waals surface area contributed by atoms with Gasteiger partial charge < -0.3 is 14.8 Å². The molecule has 0 unspecified atom stereocenters. The topological polar surface area (TPSA) is 30.5 Å². The van der Waals surface area contributed by atoms with E-state index in [1.165, 1.54) is 0 Å². The lowest BCUT2D eigenvalue weighted by Gasteiger charge is -2.07. The molecule has 0 aromatic heterocycles. The van der Waals surface area contributed by atoms with Crippen LogP contribution in [-0.4, -0.2) is 39.5 Å². The first-order valence-electron chi connectivity index (χ1n) is 5.13. The van der Waals surface area contributed by atoms with Gasteiger partial charge in [-0.1, -0.05) is 13.8 Å². The lowest BCUT2D eigenvalue weighted by molar-refractivity contribution is 0.0539. The predicted octanol–water partition coefficient (Wildman–Crippen LogP) is 1.29. The summed E-state index contributed by atoms with van der Waals surface area (Å²) in [6.45, 7) is 11.3. The molecule has 0 aromatic carbocycles. The van der Waals surface area contributed by atoms with Gasteiger partial charge in [0.05, 0.1) is 19.8 Å². The maximum absolute atomic E-state index is 5.33. The quantitative estimate of drug-likeness (QED) is 0.554. The van der Waals surface area contributed by atoms with Crippen molar-refractivity contribution in [3.05, 3.63) is 0 Å². The second-order valence-electron chi connectivity index (χ2n) is 3.41. The normalized spacial score (nSPS) is 11.1. The van der Waals surface area contributed by atoms with Crippen molar-refractivity contribution in [2.75, 3.05) is 39.5 Å². The van der Waals surface area contributed by atoms with E-state index < -0.39 is 0 Å². The zero-order chi connectivity index (χ0) is 9.94. The molecule has 0 aromatic rings. The van der Waals surface area contributed by atoms with E-state index >= 15 is 0 Å². The molecule has 0 amide bonds. The lowest BCUT2D eigenvalue weighted by atomic mass is 10.2. The molecule has 0 rings (SSSR count). The summed E-state index contributed by atoms with van der Waals surface area (Å²) in [6, 6.07) is 0. The molecule has 0 atom stereocenters. The van der Waals surface area contributed by atoms with E-state index in [1.54, 1.807) is 0 Å². The van der Waals surface area contributed by atoms with Crippen LogP contribution >= 0.6 is 0 Å². The van der Waals surface area contributed by atoms with Crippen LogP contribution in [0.25, 0.3) is 0 Å². The summed E-state index contributed by atoms with van der Waals surface area (Å²) in [5.41, 5.74) is 0. The molecule has 0 saturated heterocycles. The van der Waals surface area contributed by atoms with Crippen LogP contribution in [0.2, 0.25) is 0 Å². The number of hydrogen-bond donors (Lipinski definition) is 1. The Morgan fingerprint density at radius 1 is 1.08 bits per heavy atom. The van der Waals surface area contributed by atoms with Crippen molar-refractivity contribution in [3.63, 3.8) is 0 Å². The Morgan fingerprint density at radius 2 is 1.77 bits per heavy atom. The number of hydrogen-bond acceptors (Lipinski definition) is 3. The highest BCUT2D eigenvalue weighted by molar-refractivity contribution is 4.49. The van der Waals surface area contributed by atoms with E-state index in [4.69, 9.17) is 9.47 Å². The number of rotatable bonds is 9. The molecule has 0 bridgehead atoms. The van der Waals surface area contributed by atoms with Crippen molar-refractivity contribution in [2.24, 2.45) is 5.92 Å². The zero-order valence-corrected chi connectivity index (χ0v) is 9.14. The molecule has 0 spiro atoms. The second kappa shape index (κ2) is 9.96.